The molecule has 2 rings (SSSR count). The molecule has 2 heterocycles. The van der Waals surface area contributed by atoms with Crippen molar-refractivity contribution in [3.8, 4) is 0 Å². The van der Waals surface area contributed by atoms with Gasteiger partial charge in [0, 0.05) is 23.3 Å². The number of aromatic nitrogens is 1. The molecule has 0 atom stereocenters. The number of hydrogen-bond acceptors (Lipinski definition) is 3. The van der Waals surface area contributed by atoms with Crippen molar-refractivity contribution in [2.45, 2.75) is 57.7 Å². The maximum absolute atomic E-state index is 12.9. The monoisotopic (exact) mass is 295 g/mol. The standard InChI is InChI=1S/C15H22ClN3O/c1-14(2)8-10(17)9-15(3,4)19(14)13(20)11-6-5-7-18-12(11)16/h5-7,10H,8-9,17H2,1-4H3. The van der Waals surface area contributed by atoms with Gasteiger partial charge in [0.25, 0.3) is 5.91 Å². The molecule has 0 aliphatic carbocycles. The SMILES string of the molecule is CC1(C)CC(N)CC(C)(C)N1C(=O)c1cccnc1Cl. The van der Waals surface area contributed by atoms with Gasteiger partial charge in [-0.1, -0.05) is 11.6 Å². The van der Waals surface area contributed by atoms with Crippen LogP contribution in [0.1, 0.15) is 50.9 Å². The molecule has 1 fully saturated rings. The minimum atomic E-state index is -0.308. The van der Waals surface area contributed by atoms with Crippen LogP contribution in [0.3, 0.4) is 0 Å². The van der Waals surface area contributed by atoms with Gasteiger partial charge < -0.3 is 10.6 Å². The Morgan fingerprint density at radius 3 is 2.40 bits per heavy atom. The van der Waals surface area contributed by atoms with Gasteiger partial charge in [0.2, 0.25) is 0 Å². The molecule has 1 aliphatic heterocycles. The third-order valence-corrected chi connectivity index (χ3v) is 4.23. The molecule has 0 saturated carbocycles. The van der Waals surface area contributed by atoms with E-state index < -0.39 is 0 Å². The highest BCUT2D eigenvalue weighted by Crippen LogP contribution is 2.39. The molecule has 1 aromatic rings. The summed E-state index contributed by atoms with van der Waals surface area (Å²) in [6.45, 7) is 8.21. The zero-order valence-corrected chi connectivity index (χ0v) is 13.2. The van der Waals surface area contributed by atoms with Crippen molar-refractivity contribution in [1.29, 1.82) is 0 Å². The first-order valence-corrected chi connectivity index (χ1v) is 7.24. The number of nitrogens with zero attached hydrogens (tertiary/aromatic N) is 2. The van der Waals surface area contributed by atoms with Gasteiger partial charge in [0.15, 0.2) is 0 Å². The number of carbonyl (C=O) groups excluding carboxylic acids is 1. The normalized spacial score (nSPS) is 21.8. The molecule has 5 heteroatoms. The summed E-state index contributed by atoms with van der Waals surface area (Å²) < 4.78 is 0. The van der Waals surface area contributed by atoms with Crippen molar-refractivity contribution in [2.75, 3.05) is 0 Å². The highest BCUT2D eigenvalue weighted by molar-refractivity contribution is 6.32. The predicted molar refractivity (Wildman–Crippen MR) is 80.8 cm³/mol. The summed E-state index contributed by atoms with van der Waals surface area (Å²) in [6.07, 6.45) is 3.14. The molecule has 1 aliphatic rings. The summed E-state index contributed by atoms with van der Waals surface area (Å²) in [5, 5.41) is 0.249. The summed E-state index contributed by atoms with van der Waals surface area (Å²) in [6, 6.07) is 3.56. The first kappa shape index (κ1) is 15.3. The smallest absolute Gasteiger partial charge is 0.257 e. The van der Waals surface area contributed by atoms with Gasteiger partial charge in [-0.2, -0.15) is 0 Å². The number of nitrogens with two attached hydrogens (primary N) is 1. The van der Waals surface area contributed by atoms with E-state index in [0.717, 1.165) is 12.8 Å². The Bertz CT molecular complexity index is 510. The second-order valence-corrected chi connectivity index (χ2v) is 7.13. The lowest BCUT2D eigenvalue weighted by atomic mass is 9.77. The summed E-state index contributed by atoms with van der Waals surface area (Å²) in [5.74, 6) is -0.0787. The van der Waals surface area contributed by atoms with Crippen LogP contribution in [0.5, 0.6) is 0 Å². The number of pyridine rings is 1. The maximum atomic E-state index is 12.9. The topological polar surface area (TPSA) is 59.2 Å². The van der Waals surface area contributed by atoms with Gasteiger partial charge in [-0.25, -0.2) is 4.98 Å². The molecule has 20 heavy (non-hydrogen) atoms. The van der Waals surface area contributed by atoms with E-state index in [0.29, 0.717) is 5.56 Å². The average Bonchev–Trinajstić information content (AvgIpc) is 2.24. The Kier molecular flexibility index (Phi) is 3.82. The molecule has 0 radical (unpaired) electrons. The zero-order valence-electron chi connectivity index (χ0n) is 12.5. The van der Waals surface area contributed by atoms with Gasteiger partial charge in [-0.05, 0) is 52.7 Å². The molecule has 0 unspecified atom stereocenters. The highest BCUT2D eigenvalue weighted by Gasteiger charge is 2.47. The fraction of sp³-hybridized carbons (Fsp3) is 0.600. The van der Waals surface area contributed by atoms with E-state index in [1.807, 2.05) is 4.90 Å². The Morgan fingerprint density at radius 2 is 1.90 bits per heavy atom. The van der Waals surface area contributed by atoms with Gasteiger partial charge in [0.1, 0.15) is 5.15 Å². The Labute approximate surface area is 125 Å². The highest BCUT2D eigenvalue weighted by atomic mass is 35.5. The van der Waals surface area contributed by atoms with Crippen LogP contribution in [-0.2, 0) is 0 Å². The van der Waals surface area contributed by atoms with E-state index in [4.69, 9.17) is 17.3 Å². The predicted octanol–water partition coefficient (Wildman–Crippen LogP) is 2.86. The Hall–Kier alpha value is -1.13. The van der Waals surface area contributed by atoms with Crippen LogP contribution >= 0.6 is 11.6 Å². The minimum absolute atomic E-state index is 0.0787. The summed E-state index contributed by atoms with van der Waals surface area (Å²) >= 11 is 6.07. The molecule has 0 spiro atoms. The Morgan fingerprint density at radius 1 is 1.35 bits per heavy atom. The van der Waals surface area contributed by atoms with Crippen LogP contribution in [0.25, 0.3) is 0 Å². The lowest BCUT2D eigenvalue weighted by Gasteiger charge is -2.54. The number of likely N-dealkylation sites (tertiary alicyclic amines) is 1. The number of rotatable bonds is 1. The van der Waals surface area contributed by atoms with Crippen LogP contribution in [0.2, 0.25) is 5.15 Å². The Balaban J connectivity index is 2.44. The molecule has 1 saturated heterocycles. The van der Waals surface area contributed by atoms with Crippen molar-refractivity contribution in [3.63, 3.8) is 0 Å². The lowest BCUT2D eigenvalue weighted by molar-refractivity contribution is -0.0172. The van der Waals surface area contributed by atoms with Crippen LogP contribution in [0.4, 0.5) is 0 Å². The van der Waals surface area contributed by atoms with Gasteiger partial charge in [-0.3, -0.25) is 4.79 Å². The molecule has 1 amide bonds. The van der Waals surface area contributed by atoms with E-state index in [1.54, 1.807) is 18.3 Å². The quantitative estimate of drug-likeness (QED) is 0.811. The minimum Gasteiger partial charge on any atom is -0.328 e. The molecule has 4 nitrogen and oxygen atoms in total. The van der Waals surface area contributed by atoms with Gasteiger partial charge in [-0.15, -0.1) is 0 Å². The third-order valence-electron chi connectivity index (χ3n) is 3.93. The molecule has 0 bridgehead atoms. The number of halogens is 1. The lowest BCUT2D eigenvalue weighted by Crippen LogP contribution is -2.65. The van der Waals surface area contributed by atoms with Crippen LogP contribution in [-0.4, -0.2) is 32.9 Å². The number of piperidine rings is 1. The van der Waals surface area contributed by atoms with E-state index in [9.17, 15) is 4.79 Å². The molecule has 2 N–H and O–H groups in total. The summed E-state index contributed by atoms with van der Waals surface area (Å²) in [4.78, 5) is 18.8. The maximum Gasteiger partial charge on any atom is 0.257 e. The molecular formula is C15H22ClN3O. The average molecular weight is 296 g/mol. The zero-order chi connectivity index (χ0) is 15.1. The summed E-state index contributed by atoms with van der Waals surface area (Å²) in [5.41, 5.74) is 5.97. The van der Waals surface area contributed by atoms with Crippen molar-refractivity contribution in [2.24, 2.45) is 5.73 Å². The van der Waals surface area contributed by atoms with Crippen molar-refractivity contribution < 1.29 is 4.79 Å². The summed E-state index contributed by atoms with van der Waals surface area (Å²) in [7, 11) is 0. The first-order valence-electron chi connectivity index (χ1n) is 6.86. The fourth-order valence-electron chi connectivity index (χ4n) is 3.57. The molecule has 0 aromatic carbocycles. The van der Waals surface area contributed by atoms with Crippen molar-refractivity contribution in [3.05, 3.63) is 29.0 Å². The first-order chi connectivity index (χ1) is 9.15. The van der Waals surface area contributed by atoms with E-state index >= 15 is 0 Å². The molecule has 1 aromatic heterocycles. The number of amides is 1. The fourth-order valence-corrected chi connectivity index (χ4v) is 3.77. The number of carbonyl (C=O) groups is 1. The largest absolute Gasteiger partial charge is 0.328 e. The van der Waals surface area contributed by atoms with Gasteiger partial charge in [0.05, 0.1) is 5.56 Å². The van der Waals surface area contributed by atoms with E-state index in [2.05, 4.69) is 32.7 Å². The van der Waals surface area contributed by atoms with Crippen LogP contribution in [0, 0.1) is 0 Å². The van der Waals surface area contributed by atoms with Crippen LogP contribution < -0.4 is 5.73 Å². The number of hydrogen-bond donors (Lipinski definition) is 1. The van der Waals surface area contributed by atoms with Crippen molar-refractivity contribution >= 4 is 17.5 Å². The second kappa shape index (κ2) is 5.01. The van der Waals surface area contributed by atoms with E-state index in [1.165, 1.54) is 0 Å². The van der Waals surface area contributed by atoms with Crippen molar-refractivity contribution in [1.82, 2.24) is 9.88 Å². The van der Waals surface area contributed by atoms with Gasteiger partial charge >= 0.3 is 0 Å². The third kappa shape index (κ3) is 2.67. The van der Waals surface area contributed by atoms with Crippen LogP contribution in [0.15, 0.2) is 18.3 Å². The second-order valence-electron chi connectivity index (χ2n) is 6.78. The molecular weight excluding hydrogens is 274 g/mol. The molecule has 110 valence electrons. The van der Waals surface area contributed by atoms with E-state index in [-0.39, 0.29) is 28.2 Å².